The van der Waals surface area contributed by atoms with E-state index < -0.39 is 36.9 Å². The Labute approximate surface area is 96.0 Å². The van der Waals surface area contributed by atoms with Gasteiger partial charge in [0.05, 0.1) is 23.7 Å². The molecule has 8 heteroatoms. The Bertz CT molecular complexity index is 430. The summed E-state index contributed by atoms with van der Waals surface area (Å²) in [5, 5.41) is 9.08. The maximum Gasteiger partial charge on any atom is 0.213 e. The van der Waals surface area contributed by atoms with Crippen LogP contribution in [0.15, 0.2) is 0 Å². The first-order valence-electron chi connectivity index (χ1n) is 4.98. The SMILES string of the molecule is CS(=O)(=O)CCS(=O)(=O)NC1(CO)CCC1. The largest absolute Gasteiger partial charge is 0.394 e. The number of rotatable bonds is 6. The van der Waals surface area contributed by atoms with Gasteiger partial charge in [0.2, 0.25) is 10.0 Å². The zero-order chi connectivity index (χ0) is 12.4. The molecule has 0 saturated heterocycles. The molecule has 0 radical (unpaired) electrons. The third-order valence-corrected chi connectivity index (χ3v) is 5.40. The van der Waals surface area contributed by atoms with E-state index in [4.69, 9.17) is 5.11 Å². The van der Waals surface area contributed by atoms with Crippen molar-refractivity contribution in [1.82, 2.24) is 4.72 Å². The van der Waals surface area contributed by atoms with Crippen LogP contribution in [0, 0.1) is 0 Å². The van der Waals surface area contributed by atoms with Crippen molar-refractivity contribution in [3.05, 3.63) is 0 Å². The van der Waals surface area contributed by atoms with Crippen LogP contribution in [-0.4, -0.2) is 51.8 Å². The Kier molecular flexibility index (Phi) is 3.99. The normalized spacial score (nSPS) is 20.4. The molecule has 0 aromatic carbocycles. The summed E-state index contributed by atoms with van der Waals surface area (Å²) < 4.78 is 47.2. The molecule has 1 fully saturated rings. The zero-order valence-corrected chi connectivity index (χ0v) is 10.8. The molecule has 16 heavy (non-hydrogen) atoms. The zero-order valence-electron chi connectivity index (χ0n) is 9.14. The molecule has 0 amide bonds. The Hall–Kier alpha value is -0.180. The van der Waals surface area contributed by atoms with Crippen molar-refractivity contribution in [3.63, 3.8) is 0 Å². The highest BCUT2D eigenvalue weighted by Crippen LogP contribution is 2.31. The molecule has 1 rings (SSSR count). The van der Waals surface area contributed by atoms with Gasteiger partial charge < -0.3 is 5.11 Å². The van der Waals surface area contributed by atoms with Gasteiger partial charge >= 0.3 is 0 Å². The molecule has 0 aromatic rings. The van der Waals surface area contributed by atoms with Crippen molar-refractivity contribution >= 4 is 19.9 Å². The summed E-state index contributed by atoms with van der Waals surface area (Å²) in [5.74, 6) is -0.850. The summed E-state index contributed by atoms with van der Waals surface area (Å²) in [6.07, 6.45) is 3.06. The van der Waals surface area contributed by atoms with Crippen molar-refractivity contribution in [2.24, 2.45) is 0 Å². The highest BCUT2D eigenvalue weighted by molar-refractivity contribution is 7.93. The van der Waals surface area contributed by atoms with Crippen LogP contribution in [0.5, 0.6) is 0 Å². The summed E-state index contributed by atoms with van der Waals surface area (Å²) in [6, 6.07) is 0. The molecule has 0 heterocycles. The molecule has 0 bridgehead atoms. The monoisotopic (exact) mass is 271 g/mol. The van der Waals surface area contributed by atoms with E-state index in [2.05, 4.69) is 4.72 Å². The number of sulfonamides is 1. The van der Waals surface area contributed by atoms with Gasteiger partial charge in [-0.25, -0.2) is 21.6 Å². The summed E-state index contributed by atoms with van der Waals surface area (Å²) >= 11 is 0. The topological polar surface area (TPSA) is 101 Å². The van der Waals surface area contributed by atoms with Crippen molar-refractivity contribution in [1.29, 1.82) is 0 Å². The maximum absolute atomic E-state index is 11.6. The lowest BCUT2D eigenvalue weighted by atomic mass is 9.78. The maximum atomic E-state index is 11.6. The van der Waals surface area contributed by atoms with Gasteiger partial charge in [-0.3, -0.25) is 0 Å². The van der Waals surface area contributed by atoms with Crippen LogP contribution in [-0.2, 0) is 19.9 Å². The van der Waals surface area contributed by atoms with E-state index in [1.54, 1.807) is 0 Å². The van der Waals surface area contributed by atoms with E-state index in [9.17, 15) is 16.8 Å². The number of aliphatic hydroxyl groups is 1. The summed E-state index contributed by atoms with van der Waals surface area (Å²) in [4.78, 5) is 0. The van der Waals surface area contributed by atoms with E-state index in [1.807, 2.05) is 0 Å². The second kappa shape index (κ2) is 4.59. The number of nitrogens with one attached hydrogen (secondary N) is 1. The molecule has 0 unspecified atom stereocenters. The first-order chi connectivity index (χ1) is 7.18. The van der Waals surface area contributed by atoms with Gasteiger partial charge in [-0.05, 0) is 19.3 Å². The molecular formula is C8H17NO5S2. The van der Waals surface area contributed by atoms with Crippen molar-refractivity contribution in [2.75, 3.05) is 24.4 Å². The van der Waals surface area contributed by atoms with Gasteiger partial charge in [0.1, 0.15) is 9.84 Å². The fourth-order valence-electron chi connectivity index (χ4n) is 1.54. The lowest BCUT2D eigenvalue weighted by molar-refractivity contribution is 0.111. The lowest BCUT2D eigenvalue weighted by Crippen LogP contribution is -2.56. The molecular weight excluding hydrogens is 254 g/mol. The average Bonchev–Trinajstić information content (AvgIpc) is 2.08. The Morgan fingerprint density at radius 1 is 1.19 bits per heavy atom. The Morgan fingerprint density at radius 3 is 2.06 bits per heavy atom. The minimum absolute atomic E-state index is 0.245. The molecule has 0 atom stereocenters. The summed E-state index contributed by atoms with van der Waals surface area (Å²) in [5.41, 5.74) is -0.754. The van der Waals surface area contributed by atoms with Crippen LogP contribution >= 0.6 is 0 Å². The van der Waals surface area contributed by atoms with Crippen LogP contribution in [0.1, 0.15) is 19.3 Å². The standard InChI is InChI=1S/C8H17NO5S2/c1-15(11,12)5-6-16(13,14)9-8(7-10)3-2-4-8/h9-10H,2-7H2,1H3. The predicted molar refractivity (Wildman–Crippen MR) is 60.3 cm³/mol. The third kappa shape index (κ3) is 4.00. The highest BCUT2D eigenvalue weighted by Gasteiger charge is 2.39. The first kappa shape index (κ1) is 13.9. The number of sulfone groups is 1. The van der Waals surface area contributed by atoms with E-state index in [1.165, 1.54) is 0 Å². The second-order valence-corrected chi connectivity index (χ2v) is 8.44. The van der Waals surface area contributed by atoms with Crippen molar-refractivity contribution in [3.8, 4) is 0 Å². The van der Waals surface area contributed by atoms with E-state index in [0.717, 1.165) is 12.7 Å². The lowest BCUT2D eigenvalue weighted by Gasteiger charge is -2.40. The van der Waals surface area contributed by atoms with Gasteiger partial charge in [-0.1, -0.05) is 0 Å². The molecule has 1 aliphatic carbocycles. The molecule has 0 aliphatic heterocycles. The summed E-state index contributed by atoms with van der Waals surface area (Å²) in [6.45, 7) is -0.245. The van der Waals surface area contributed by atoms with Gasteiger partial charge in [0, 0.05) is 6.26 Å². The first-order valence-corrected chi connectivity index (χ1v) is 8.70. The number of hydrogen-bond acceptors (Lipinski definition) is 5. The molecule has 6 nitrogen and oxygen atoms in total. The Morgan fingerprint density at radius 2 is 1.75 bits per heavy atom. The third-order valence-electron chi connectivity index (χ3n) is 2.71. The van der Waals surface area contributed by atoms with Crippen molar-refractivity contribution in [2.45, 2.75) is 24.8 Å². The Balaban J connectivity index is 2.58. The molecule has 0 spiro atoms. The van der Waals surface area contributed by atoms with Gasteiger partial charge in [0.15, 0.2) is 0 Å². The van der Waals surface area contributed by atoms with Crippen molar-refractivity contribution < 1.29 is 21.9 Å². The smallest absolute Gasteiger partial charge is 0.213 e. The fraction of sp³-hybridized carbons (Fsp3) is 1.00. The highest BCUT2D eigenvalue weighted by atomic mass is 32.2. The van der Waals surface area contributed by atoms with Crippen LogP contribution in [0.2, 0.25) is 0 Å². The fourth-order valence-corrected chi connectivity index (χ4v) is 4.66. The predicted octanol–water partition coefficient (Wildman–Crippen LogP) is -1.13. The molecule has 1 aliphatic rings. The van der Waals surface area contributed by atoms with Crippen LogP contribution < -0.4 is 4.72 Å². The molecule has 2 N–H and O–H groups in total. The van der Waals surface area contributed by atoms with Crippen LogP contribution in [0.25, 0.3) is 0 Å². The number of aliphatic hydroxyl groups excluding tert-OH is 1. The second-order valence-electron chi connectivity index (χ2n) is 4.34. The minimum atomic E-state index is -3.63. The average molecular weight is 271 g/mol. The van der Waals surface area contributed by atoms with Crippen LogP contribution in [0.4, 0.5) is 0 Å². The summed E-state index contributed by atoms with van der Waals surface area (Å²) in [7, 11) is -6.92. The molecule has 96 valence electrons. The minimum Gasteiger partial charge on any atom is -0.394 e. The van der Waals surface area contributed by atoms with Gasteiger partial charge in [-0.2, -0.15) is 0 Å². The quantitative estimate of drug-likeness (QED) is 0.636. The van der Waals surface area contributed by atoms with Gasteiger partial charge in [0.25, 0.3) is 0 Å². The van der Waals surface area contributed by atoms with Gasteiger partial charge in [-0.15, -0.1) is 0 Å². The van der Waals surface area contributed by atoms with E-state index >= 15 is 0 Å². The number of hydrogen-bond donors (Lipinski definition) is 2. The van der Waals surface area contributed by atoms with E-state index in [-0.39, 0.29) is 6.61 Å². The van der Waals surface area contributed by atoms with E-state index in [0.29, 0.717) is 12.8 Å². The van der Waals surface area contributed by atoms with Crippen LogP contribution in [0.3, 0.4) is 0 Å². The molecule has 1 saturated carbocycles. The molecule has 0 aromatic heterocycles.